The number of benzene rings is 1. The largest absolute Gasteiger partial charge is 0.326 e. The summed E-state index contributed by atoms with van der Waals surface area (Å²) in [5.74, 6) is -0.407. The monoisotopic (exact) mass is 253 g/mol. The summed E-state index contributed by atoms with van der Waals surface area (Å²) in [7, 11) is 0. The molecule has 2 aromatic rings. The van der Waals surface area contributed by atoms with Crippen molar-refractivity contribution in [3.8, 4) is 0 Å². The summed E-state index contributed by atoms with van der Waals surface area (Å²) in [5, 5.41) is 4.36. The van der Waals surface area contributed by atoms with Crippen LogP contribution in [0.4, 0.5) is 4.39 Å². The van der Waals surface area contributed by atoms with Crippen molar-refractivity contribution in [2.75, 3.05) is 0 Å². The topological polar surface area (TPSA) is 43.8 Å². The fourth-order valence-corrected chi connectivity index (χ4v) is 1.86. The van der Waals surface area contributed by atoms with E-state index in [9.17, 15) is 4.39 Å². The van der Waals surface area contributed by atoms with Gasteiger partial charge in [0.1, 0.15) is 5.82 Å². The Morgan fingerprint density at radius 3 is 2.82 bits per heavy atom. The maximum Gasteiger partial charge on any atom is 0.141 e. The van der Waals surface area contributed by atoms with Gasteiger partial charge in [-0.3, -0.25) is 4.68 Å². The van der Waals surface area contributed by atoms with Crippen LogP contribution in [0.1, 0.15) is 16.8 Å². The van der Waals surface area contributed by atoms with Gasteiger partial charge in [0.2, 0.25) is 0 Å². The molecule has 0 atom stereocenters. The molecule has 3 nitrogen and oxygen atoms in total. The summed E-state index contributed by atoms with van der Waals surface area (Å²) in [6.07, 6.45) is 1.75. The summed E-state index contributed by atoms with van der Waals surface area (Å²) < 4.78 is 14.8. The second-order valence-electron chi connectivity index (χ2n) is 3.87. The Balaban J connectivity index is 2.25. The lowest BCUT2D eigenvalue weighted by Gasteiger charge is -2.06. The molecule has 0 radical (unpaired) electrons. The quantitative estimate of drug-likeness (QED) is 0.913. The highest BCUT2D eigenvalue weighted by Crippen LogP contribution is 2.17. The minimum atomic E-state index is -0.407. The number of nitrogens with zero attached hydrogens (tertiary/aromatic N) is 2. The number of hydrogen-bond acceptors (Lipinski definition) is 2. The van der Waals surface area contributed by atoms with Gasteiger partial charge in [-0.25, -0.2) is 4.39 Å². The lowest BCUT2D eigenvalue weighted by molar-refractivity contribution is 0.623. The Morgan fingerprint density at radius 1 is 1.47 bits per heavy atom. The summed E-state index contributed by atoms with van der Waals surface area (Å²) >= 11 is 5.73. The lowest BCUT2D eigenvalue weighted by atomic mass is 10.2. The first-order chi connectivity index (χ1) is 8.11. The van der Waals surface area contributed by atoms with Crippen molar-refractivity contribution in [3.05, 3.63) is 52.1 Å². The molecule has 90 valence electrons. The van der Waals surface area contributed by atoms with E-state index < -0.39 is 5.82 Å². The molecule has 0 aliphatic heterocycles. The molecule has 0 amide bonds. The smallest absolute Gasteiger partial charge is 0.141 e. The molecule has 0 bridgehead atoms. The molecule has 5 heteroatoms. The van der Waals surface area contributed by atoms with Crippen molar-refractivity contribution >= 4 is 11.6 Å². The Bertz CT molecular complexity index is 537. The van der Waals surface area contributed by atoms with Gasteiger partial charge in [0, 0.05) is 17.8 Å². The molecule has 2 rings (SSSR count). The zero-order valence-corrected chi connectivity index (χ0v) is 10.2. The highest BCUT2D eigenvalue weighted by molar-refractivity contribution is 6.30. The average Bonchev–Trinajstić information content (AvgIpc) is 2.65. The molecule has 1 heterocycles. The van der Waals surface area contributed by atoms with Crippen LogP contribution in [0.25, 0.3) is 0 Å². The van der Waals surface area contributed by atoms with E-state index in [1.165, 1.54) is 6.07 Å². The van der Waals surface area contributed by atoms with Crippen LogP contribution in [0.15, 0.2) is 24.4 Å². The van der Waals surface area contributed by atoms with Gasteiger partial charge >= 0.3 is 0 Å². The van der Waals surface area contributed by atoms with Crippen molar-refractivity contribution in [3.63, 3.8) is 0 Å². The van der Waals surface area contributed by atoms with Crippen molar-refractivity contribution < 1.29 is 4.39 Å². The van der Waals surface area contributed by atoms with Crippen LogP contribution >= 0.6 is 11.6 Å². The number of halogens is 2. The first-order valence-electron chi connectivity index (χ1n) is 5.27. The number of aromatic nitrogens is 2. The Morgan fingerprint density at radius 2 is 2.24 bits per heavy atom. The van der Waals surface area contributed by atoms with Crippen molar-refractivity contribution in [2.24, 2.45) is 5.73 Å². The number of hydrogen-bond donors (Lipinski definition) is 1. The molecule has 0 aliphatic rings. The Kier molecular flexibility index (Phi) is 3.45. The molecular formula is C12H13ClFN3. The molecule has 0 unspecified atom stereocenters. The fraction of sp³-hybridized carbons (Fsp3) is 0.250. The predicted octanol–water partition coefficient (Wildman–Crippen LogP) is 2.49. The lowest BCUT2D eigenvalue weighted by Crippen LogP contribution is -2.05. The molecule has 2 N–H and O–H groups in total. The normalized spacial score (nSPS) is 10.8. The minimum Gasteiger partial charge on any atom is -0.326 e. The molecule has 1 aromatic carbocycles. The first kappa shape index (κ1) is 12.1. The summed E-state index contributed by atoms with van der Waals surface area (Å²) in [5.41, 5.74) is 8.52. The van der Waals surface area contributed by atoms with Gasteiger partial charge in [0.05, 0.1) is 17.8 Å². The molecule has 0 aliphatic carbocycles. The number of rotatable bonds is 3. The zero-order chi connectivity index (χ0) is 12.4. The van der Waals surface area contributed by atoms with Crippen LogP contribution < -0.4 is 5.73 Å². The third kappa shape index (κ3) is 2.48. The van der Waals surface area contributed by atoms with E-state index in [1.807, 2.05) is 11.6 Å². The third-order valence-electron chi connectivity index (χ3n) is 2.74. The third-order valence-corrected chi connectivity index (χ3v) is 3.03. The van der Waals surface area contributed by atoms with Crippen molar-refractivity contribution in [1.82, 2.24) is 9.78 Å². The molecule has 0 saturated carbocycles. The van der Waals surface area contributed by atoms with Crippen LogP contribution in [-0.2, 0) is 13.1 Å². The summed E-state index contributed by atoms with van der Waals surface area (Å²) in [6.45, 7) is 2.99. The maximum atomic E-state index is 13.0. The van der Waals surface area contributed by atoms with Crippen LogP contribution in [0, 0.1) is 12.7 Å². The fourth-order valence-electron chi connectivity index (χ4n) is 1.66. The van der Waals surface area contributed by atoms with Gasteiger partial charge in [-0.05, 0) is 24.6 Å². The molecule has 1 aromatic heterocycles. The van der Waals surface area contributed by atoms with Gasteiger partial charge in [-0.15, -0.1) is 0 Å². The average molecular weight is 254 g/mol. The van der Waals surface area contributed by atoms with Crippen LogP contribution in [0.2, 0.25) is 5.02 Å². The van der Waals surface area contributed by atoms with Gasteiger partial charge in [0.25, 0.3) is 0 Å². The summed E-state index contributed by atoms with van der Waals surface area (Å²) in [4.78, 5) is 0. The van der Waals surface area contributed by atoms with Gasteiger partial charge in [-0.1, -0.05) is 17.7 Å². The van der Waals surface area contributed by atoms with Crippen LogP contribution in [-0.4, -0.2) is 9.78 Å². The zero-order valence-electron chi connectivity index (χ0n) is 9.45. The van der Waals surface area contributed by atoms with E-state index in [-0.39, 0.29) is 5.02 Å². The predicted molar refractivity (Wildman–Crippen MR) is 65.4 cm³/mol. The SMILES string of the molecule is Cc1c(CN)cnn1Cc1ccc(F)c(Cl)c1. The van der Waals surface area contributed by atoms with Crippen LogP contribution in [0.3, 0.4) is 0 Å². The first-order valence-corrected chi connectivity index (χ1v) is 5.65. The van der Waals surface area contributed by atoms with Crippen LogP contribution in [0.5, 0.6) is 0 Å². The van der Waals surface area contributed by atoms with Gasteiger partial charge in [-0.2, -0.15) is 5.10 Å². The molecule has 17 heavy (non-hydrogen) atoms. The minimum absolute atomic E-state index is 0.131. The van der Waals surface area contributed by atoms with E-state index in [1.54, 1.807) is 18.3 Å². The maximum absolute atomic E-state index is 13.0. The molecule has 0 fully saturated rings. The van der Waals surface area contributed by atoms with E-state index in [4.69, 9.17) is 17.3 Å². The Hall–Kier alpha value is -1.39. The van der Waals surface area contributed by atoms with E-state index in [0.717, 1.165) is 16.8 Å². The van der Waals surface area contributed by atoms with E-state index >= 15 is 0 Å². The molecule has 0 spiro atoms. The van der Waals surface area contributed by atoms with E-state index in [0.29, 0.717) is 13.1 Å². The second kappa shape index (κ2) is 4.85. The van der Waals surface area contributed by atoms with Gasteiger partial charge in [0.15, 0.2) is 0 Å². The number of nitrogens with two attached hydrogens (primary N) is 1. The van der Waals surface area contributed by atoms with Gasteiger partial charge < -0.3 is 5.73 Å². The second-order valence-corrected chi connectivity index (χ2v) is 4.27. The molecular weight excluding hydrogens is 241 g/mol. The Labute approximate surface area is 104 Å². The van der Waals surface area contributed by atoms with Crippen molar-refractivity contribution in [2.45, 2.75) is 20.0 Å². The standard InChI is InChI=1S/C12H13ClFN3/c1-8-10(5-15)6-16-17(8)7-9-2-3-12(14)11(13)4-9/h2-4,6H,5,7,15H2,1H3. The highest BCUT2D eigenvalue weighted by Gasteiger charge is 2.06. The molecule has 0 saturated heterocycles. The summed E-state index contributed by atoms with van der Waals surface area (Å²) in [6, 6.07) is 4.67. The van der Waals surface area contributed by atoms with Crippen molar-refractivity contribution in [1.29, 1.82) is 0 Å². The van der Waals surface area contributed by atoms with E-state index in [2.05, 4.69) is 5.10 Å². The highest BCUT2D eigenvalue weighted by atomic mass is 35.5.